The second kappa shape index (κ2) is 4.77. The number of nitrogens with one attached hydrogen (secondary N) is 1. The van der Waals surface area contributed by atoms with Gasteiger partial charge in [-0.1, -0.05) is 0 Å². The van der Waals surface area contributed by atoms with Crippen LogP contribution in [0.25, 0.3) is 0 Å². The first-order valence-corrected chi connectivity index (χ1v) is 7.24. The van der Waals surface area contributed by atoms with Crippen molar-refractivity contribution in [2.75, 3.05) is 13.1 Å². The highest BCUT2D eigenvalue weighted by molar-refractivity contribution is 7.10. The molecule has 3 rings (SSSR count). The molecular weight excluding hydrogens is 264 g/mol. The van der Waals surface area contributed by atoms with Crippen LogP contribution in [0.2, 0.25) is 0 Å². The molecule has 2 aliphatic rings. The molecule has 0 unspecified atom stereocenters. The summed E-state index contributed by atoms with van der Waals surface area (Å²) in [5, 5.41) is 4.07. The van der Waals surface area contributed by atoms with Gasteiger partial charge in [-0.2, -0.15) is 0 Å². The van der Waals surface area contributed by atoms with Crippen LogP contribution in [0, 0.1) is 0 Å². The number of piperazine rings is 1. The highest BCUT2D eigenvalue weighted by Gasteiger charge is 2.29. The average Bonchev–Trinajstić information content (AvgIpc) is 2.80. The first kappa shape index (κ1) is 12.3. The van der Waals surface area contributed by atoms with Crippen molar-refractivity contribution in [3.8, 4) is 0 Å². The van der Waals surface area contributed by atoms with Gasteiger partial charge in [-0.05, 0) is 31.2 Å². The maximum Gasteiger partial charge on any atom is 0.255 e. The molecular formula is C13H14N2O3S. The van der Waals surface area contributed by atoms with Crippen LogP contribution in [0.15, 0.2) is 5.38 Å². The molecule has 1 saturated heterocycles. The Hall–Kier alpha value is -1.69. The van der Waals surface area contributed by atoms with E-state index < -0.39 is 11.8 Å². The fourth-order valence-corrected chi connectivity index (χ4v) is 3.74. The smallest absolute Gasteiger partial charge is 0.255 e. The number of nitrogens with zero attached hydrogens (tertiary/aromatic N) is 1. The van der Waals surface area contributed by atoms with E-state index >= 15 is 0 Å². The summed E-state index contributed by atoms with van der Waals surface area (Å²) >= 11 is 1.61. The summed E-state index contributed by atoms with van der Waals surface area (Å²) in [4.78, 5) is 37.7. The molecule has 0 saturated carbocycles. The molecule has 0 radical (unpaired) electrons. The highest BCUT2D eigenvalue weighted by Crippen LogP contribution is 2.31. The predicted octanol–water partition coefficient (Wildman–Crippen LogP) is 0.726. The summed E-state index contributed by atoms with van der Waals surface area (Å²) in [5.74, 6) is -1.01. The quantitative estimate of drug-likeness (QED) is 0.770. The Morgan fingerprint density at radius 1 is 1.16 bits per heavy atom. The lowest BCUT2D eigenvalue weighted by atomic mass is 9.95. The molecule has 1 fully saturated rings. The van der Waals surface area contributed by atoms with Crippen LogP contribution in [0.4, 0.5) is 0 Å². The molecule has 0 spiro atoms. The number of fused-ring (bicyclic) bond motifs is 1. The number of imide groups is 1. The van der Waals surface area contributed by atoms with Crippen LogP contribution in [0.1, 0.15) is 33.6 Å². The monoisotopic (exact) mass is 278 g/mol. The molecule has 100 valence electrons. The first-order valence-electron chi connectivity index (χ1n) is 6.36. The Labute approximate surface area is 114 Å². The number of hydrogen-bond donors (Lipinski definition) is 1. The fourth-order valence-electron chi connectivity index (χ4n) is 2.62. The molecule has 1 aromatic rings. The van der Waals surface area contributed by atoms with Crippen molar-refractivity contribution in [3.05, 3.63) is 21.4 Å². The van der Waals surface area contributed by atoms with E-state index in [1.54, 1.807) is 11.3 Å². The van der Waals surface area contributed by atoms with Crippen LogP contribution in [-0.4, -0.2) is 35.7 Å². The molecule has 0 bridgehead atoms. The maximum atomic E-state index is 12.4. The minimum absolute atomic E-state index is 0.0325. The zero-order valence-electron chi connectivity index (χ0n) is 10.4. The standard InChI is InChI=1S/C13H14N2O3S/c16-11-5-15(6-12(17)14-11)13(18)9-7-19-10-4-2-1-3-8(9)10/h7H,1-6H2,(H,14,16,17). The molecule has 2 heterocycles. The van der Waals surface area contributed by atoms with Crippen LogP contribution in [0.5, 0.6) is 0 Å². The van der Waals surface area contributed by atoms with Crippen molar-refractivity contribution in [1.29, 1.82) is 0 Å². The molecule has 6 heteroatoms. The van der Waals surface area contributed by atoms with Crippen molar-refractivity contribution < 1.29 is 14.4 Å². The Morgan fingerprint density at radius 3 is 2.58 bits per heavy atom. The molecule has 5 nitrogen and oxygen atoms in total. The summed E-state index contributed by atoms with van der Waals surface area (Å²) in [6.45, 7) is -0.0651. The molecule has 0 aromatic carbocycles. The largest absolute Gasteiger partial charge is 0.320 e. The van der Waals surface area contributed by atoms with Gasteiger partial charge in [0.05, 0.1) is 5.56 Å². The van der Waals surface area contributed by atoms with Gasteiger partial charge in [0.2, 0.25) is 11.8 Å². The zero-order valence-corrected chi connectivity index (χ0v) is 11.2. The van der Waals surface area contributed by atoms with E-state index in [9.17, 15) is 14.4 Å². The van der Waals surface area contributed by atoms with E-state index in [0.29, 0.717) is 5.56 Å². The van der Waals surface area contributed by atoms with Gasteiger partial charge in [0.15, 0.2) is 0 Å². The van der Waals surface area contributed by atoms with Crippen LogP contribution < -0.4 is 5.32 Å². The van der Waals surface area contributed by atoms with Crippen LogP contribution in [0.3, 0.4) is 0 Å². The number of amides is 3. The number of carbonyl (C=O) groups is 3. The van der Waals surface area contributed by atoms with Crippen molar-refractivity contribution in [2.45, 2.75) is 25.7 Å². The summed E-state index contributed by atoms with van der Waals surface area (Å²) in [5.41, 5.74) is 1.81. The normalized spacial score (nSPS) is 19.1. The van der Waals surface area contributed by atoms with Gasteiger partial charge in [-0.25, -0.2) is 0 Å². The van der Waals surface area contributed by atoms with Gasteiger partial charge >= 0.3 is 0 Å². The topological polar surface area (TPSA) is 66.5 Å². The molecule has 3 amide bonds. The SMILES string of the molecule is O=C1CN(C(=O)c2csc3c2CCCC3)CC(=O)N1. The Kier molecular flexibility index (Phi) is 3.10. The fraction of sp³-hybridized carbons (Fsp3) is 0.462. The zero-order chi connectivity index (χ0) is 13.4. The lowest BCUT2D eigenvalue weighted by Gasteiger charge is -2.26. The molecule has 1 N–H and O–H groups in total. The number of thiophene rings is 1. The second-order valence-corrected chi connectivity index (χ2v) is 5.85. The number of aryl methyl sites for hydroxylation is 1. The van der Waals surface area contributed by atoms with Gasteiger partial charge in [0.25, 0.3) is 5.91 Å². The molecule has 0 atom stereocenters. The van der Waals surface area contributed by atoms with Crippen LogP contribution >= 0.6 is 11.3 Å². The highest BCUT2D eigenvalue weighted by atomic mass is 32.1. The van der Waals surface area contributed by atoms with E-state index in [1.807, 2.05) is 5.38 Å². The summed E-state index contributed by atoms with van der Waals surface area (Å²) in [7, 11) is 0. The Balaban J connectivity index is 1.85. The van der Waals surface area contributed by atoms with Gasteiger partial charge in [0, 0.05) is 10.3 Å². The summed E-state index contributed by atoms with van der Waals surface area (Å²) in [6.07, 6.45) is 4.23. The second-order valence-electron chi connectivity index (χ2n) is 4.89. The van der Waals surface area contributed by atoms with E-state index in [0.717, 1.165) is 24.8 Å². The molecule has 1 aliphatic carbocycles. The van der Waals surface area contributed by atoms with Crippen molar-refractivity contribution in [2.24, 2.45) is 0 Å². The van der Waals surface area contributed by atoms with Crippen molar-refractivity contribution in [1.82, 2.24) is 10.2 Å². The van der Waals surface area contributed by atoms with Gasteiger partial charge in [0.1, 0.15) is 13.1 Å². The number of rotatable bonds is 1. The third kappa shape index (κ3) is 2.28. The molecule has 1 aliphatic heterocycles. The minimum atomic E-state index is -0.409. The van der Waals surface area contributed by atoms with Gasteiger partial charge in [-0.15, -0.1) is 11.3 Å². The summed E-state index contributed by atoms with van der Waals surface area (Å²) in [6, 6.07) is 0. The van der Waals surface area contributed by atoms with Crippen molar-refractivity contribution >= 4 is 29.1 Å². The van der Waals surface area contributed by atoms with E-state index in [-0.39, 0.29) is 19.0 Å². The number of carbonyl (C=O) groups excluding carboxylic acids is 3. The van der Waals surface area contributed by atoms with Crippen molar-refractivity contribution in [3.63, 3.8) is 0 Å². The number of hydrogen-bond acceptors (Lipinski definition) is 4. The van der Waals surface area contributed by atoms with E-state index in [1.165, 1.54) is 16.2 Å². The Morgan fingerprint density at radius 2 is 1.84 bits per heavy atom. The predicted molar refractivity (Wildman–Crippen MR) is 70.0 cm³/mol. The molecule has 1 aromatic heterocycles. The first-order chi connectivity index (χ1) is 9.15. The molecule has 19 heavy (non-hydrogen) atoms. The maximum absolute atomic E-state index is 12.4. The van der Waals surface area contributed by atoms with Gasteiger partial charge in [-0.3, -0.25) is 19.7 Å². The third-order valence-electron chi connectivity index (χ3n) is 3.53. The van der Waals surface area contributed by atoms with E-state index in [2.05, 4.69) is 5.32 Å². The van der Waals surface area contributed by atoms with Gasteiger partial charge < -0.3 is 4.90 Å². The Bertz CT molecular complexity index is 548. The minimum Gasteiger partial charge on any atom is -0.320 e. The van der Waals surface area contributed by atoms with E-state index in [4.69, 9.17) is 0 Å². The lowest BCUT2D eigenvalue weighted by molar-refractivity contribution is -0.135. The lowest BCUT2D eigenvalue weighted by Crippen LogP contribution is -2.53. The summed E-state index contributed by atoms with van der Waals surface area (Å²) < 4.78 is 0. The van der Waals surface area contributed by atoms with Crippen LogP contribution in [-0.2, 0) is 22.4 Å². The third-order valence-corrected chi connectivity index (χ3v) is 4.62. The average molecular weight is 278 g/mol.